The maximum Gasteiger partial charge on any atom is 0.270 e. The number of methoxy groups -OCH3 is 1. The van der Waals surface area contributed by atoms with Crippen LogP contribution in [0.25, 0.3) is 17.0 Å². The van der Waals surface area contributed by atoms with Gasteiger partial charge in [0, 0.05) is 18.4 Å². The maximum atomic E-state index is 13.4. The smallest absolute Gasteiger partial charge is 0.270 e. The van der Waals surface area contributed by atoms with Crippen LogP contribution >= 0.6 is 0 Å². The second-order valence-electron chi connectivity index (χ2n) is 10.9. The molecular formula is C32H35FN4O5. The normalized spacial score (nSPS) is 19.5. The highest BCUT2D eigenvalue weighted by Gasteiger charge is 2.39. The molecule has 5 rings (SSSR count). The van der Waals surface area contributed by atoms with Gasteiger partial charge in [0.1, 0.15) is 23.3 Å². The number of carbonyl (C=O) groups excluding carboxylic acids is 3. The summed E-state index contributed by atoms with van der Waals surface area (Å²) in [6.07, 6.45) is 7.10. The number of hydrogen-bond donors (Lipinski definition) is 3. The van der Waals surface area contributed by atoms with Gasteiger partial charge in [-0.2, -0.15) is 0 Å². The molecule has 3 N–H and O–H groups in total. The van der Waals surface area contributed by atoms with Crippen LogP contribution in [0.5, 0.6) is 5.75 Å². The van der Waals surface area contributed by atoms with E-state index in [0.717, 1.165) is 16.9 Å². The molecule has 1 saturated heterocycles. The topological polar surface area (TPSA) is 121 Å². The number of fused-ring (bicyclic) bond motifs is 1. The lowest BCUT2D eigenvalue weighted by atomic mass is 9.84. The number of nitrogens with zero attached hydrogens (tertiary/aromatic N) is 2. The van der Waals surface area contributed by atoms with Crippen molar-refractivity contribution in [1.82, 2.24) is 20.5 Å². The summed E-state index contributed by atoms with van der Waals surface area (Å²) in [6.45, 7) is 1.49. The van der Waals surface area contributed by atoms with E-state index < -0.39 is 29.8 Å². The largest absolute Gasteiger partial charge is 0.497 e. The van der Waals surface area contributed by atoms with Crippen LogP contribution in [0, 0.1) is 11.7 Å². The van der Waals surface area contributed by atoms with E-state index in [4.69, 9.17) is 4.74 Å². The van der Waals surface area contributed by atoms with Gasteiger partial charge in [-0.05, 0) is 73.2 Å². The summed E-state index contributed by atoms with van der Waals surface area (Å²) in [7, 11) is 1.61. The fourth-order valence-electron chi connectivity index (χ4n) is 5.39. The third kappa shape index (κ3) is 6.60. The van der Waals surface area contributed by atoms with Crippen molar-refractivity contribution < 1.29 is 28.6 Å². The van der Waals surface area contributed by atoms with Crippen molar-refractivity contribution in [2.75, 3.05) is 20.2 Å². The Balaban J connectivity index is 1.22. The van der Waals surface area contributed by atoms with Crippen molar-refractivity contribution in [3.05, 3.63) is 77.2 Å². The summed E-state index contributed by atoms with van der Waals surface area (Å²) in [5.74, 6) is -0.577. The average Bonchev–Trinajstić information content (AvgIpc) is 3.36. The number of carbonyl (C=O) groups is 3. The van der Waals surface area contributed by atoms with Gasteiger partial charge in [-0.15, -0.1) is 0 Å². The van der Waals surface area contributed by atoms with Crippen LogP contribution in [0.2, 0.25) is 0 Å². The summed E-state index contributed by atoms with van der Waals surface area (Å²) in [6, 6.07) is 11.5. The highest BCUT2D eigenvalue weighted by Crippen LogP contribution is 2.30. The Morgan fingerprint density at radius 1 is 1.17 bits per heavy atom. The Hall–Kier alpha value is -4.31. The van der Waals surface area contributed by atoms with Crippen LogP contribution in [0.3, 0.4) is 0 Å². The van der Waals surface area contributed by atoms with Gasteiger partial charge in [0.2, 0.25) is 11.8 Å². The minimum absolute atomic E-state index is 0.0150. The molecule has 10 heteroatoms. The minimum atomic E-state index is -0.882. The molecule has 2 fully saturated rings. The van der Waals surface area contributed by atoms with Gasteiger partial charge >= 0.3 is 0 Å². The van der Waals surface area contributed by atoms with Crippen LogP contribution in [0.4, 0.5) is 4.39 Å². The number of aliphatic hydroxyl groups excluding tert-OH is 1. The molecule has 0 radical (unpaired) electrons. The molecule has 1 aliphatic heterocycles. The van der Waals surface area contributed by atoms with E-state index in [0.29, 0.717) is 16.8 Å². The molecule has 0 unspecified atom stereocenters. The van der Waals surface area contributed by atoms with E-state index in [1.54, 1.807) is 13.2 Å². The maximum absolute atomic E-state index is 13.4. The van der Waals surface area contributed by atoms with E-state index >= 15 is 0 Å². The first-order chi connectivity index (χ1) is 20.2. The number of allylic oxidation sites excluding steroid dienone is 1. The molecule has 42 heavy (non-hydrogen) atoms. The zero-order chi connectivity index (χ0) is 29.8. The monoisotopic (exact) mass is 574 g/mol. The quantitative estimate of drug-likeness (QED) is 0.358. The lowest BCUT2D eigenvalue weighted by Gasteiger charge is -2.26. The number of hydrogen-bond acceptors (Lipinski definition) is 6. The SMILES string of the molecule is COc1ccc([C@H](C)NC(=O)[C@@H]2C[C@@H](O)CN2C(=O)CNC(=O)c2ccc3cc(F)ccc3n2)c(/C=C/C2CCC2)c1. The number of benzene rings is 2. The zero-order valence-electron chi connectivity index (χ0n) is 23.7. The molecular weight excluding hydrogens is 539 g/mol. The number of ether oxygens (including phenoxy) is 1. The Morgan fingerprint density at radius 3 is 2.71 bits per heavy atom. The van der Waals surface area contributed by atoms with E-state index in [-0.39, 0.29) is 37.2 Å². The van der Waals surface area contributed by atoms with Gasteiger partial charge in [0.15, 0.2) is 0 Å². The van der Waals surface area contributed by atoms with Crippen LogP contribution in [0.1, 0.15) is 60.3 Å². The van der Waals surface area contributed by atoms with E-state index in [2.05, 4.69) is 27.8 Å². The summed E-state index contributed by atoms with van der Waals surface area (Å²) in [5.41, 5.74) is 2.38. The van der Waals surface area contributed by atoms with E-state index in [1.165, 1.54) is 48.4 Å². The number of pyridine rings is 1. The fraction of sp³-hybridized carbons (Fsp3) is 0.375. The molecule has 220 valence electrons. The lowest BCUT2D eigenvalue weighted by Crippen LogP contribution is -2.49. The van der Waals surface area contributed by atoms with Crippen LogP contribution in [-0.4, -0.2) is 65.1 Å². The molecule has 0 bridgehead atoms. The molecule has 1 aliphatic carbocycles. The molecule has 1 saturated carbocycles. The van der Waals surface area contributed by atoms with Gasteiger partial charge in [-0.3, -0.25) is 14.4 Å². The Bertz CT molecular complexity index is 1520. The van der Waals surface area contributed by atoms with Crippen LogP contribution in [-0.2, 0) is 9.59 Å². The number of amides is 3. The van der Waals surface area contributed by atoms with Gasteiger partial charge < -0.3 is 25.4 Å². The van der Waals surface area contributed by atoms with Crippen LogP contribution in [0.15, 0.2) is 54.6 Å². The first-order valence-corrected chi connectivity index (χ1v) is 14.2. The van der Waals surface area contributed by atoms with Gasteiger partial charge in [0.05, 0.1) is 31.3 Å². The molecule has 3 atom stereocenters. The standard InChI is InChI=1S/C32H35FN4O5/c1-19(26-11-10-25(42-2)15-21(26)7-6-20-4-3-5-20)35-32(41)29-16-24(38)18-37(29)30(39)17-34-31(40)28-12-8-22-14-23(33)9-13-27(22)36-28/h6-15,19-20,24,29,38H,3-5,16-18H2,1-2H3,(H,34,40)(H,35,41)/b7-6+/t19-,24+,29-/m0/s1. The van der Waals surface area contributed by atoms with Gasteiger partial charge in [-0.25, -0.2) is 9.37 Å². The number of rotatable bonds is 9. The number of halogens is 1. The molecule has 3 aromatic rings. The fourth-order valence-corrected chi connectivity index (χ4v) is 5.39. The predicted octanol–water partition coefficient (Wildman–Crippen LogP) is 3.76. The summed E-state index contributed by atoms with van der Waals surface area (Å²) in [5, 5.41) is 16.4. The lowest BCUT2D eigenvalue weighted by molar-refractivity contribution is -0.138. The van der Waals surface area contributed by atoms with Crippen molar-refractivity contribution in [1.29, 1.82) is 0 Å². The van der Waals surface area contributed by atoms with E-state index in [1.807, 2.05) is 25.1 Å². The summed E-state index contributed by atoms with van der Waals surface area (Å²) < 4.78 is 18.8. The molecule has 2 aliphatic rings. The highest BCUT2D eigenvalue weighted by molar-refractivity contribution is 5.97. The zero-order valence-corrected chi connectivity index (χ0v) is 23.7. The minimum Gasteiger partial charge on any atom is -0.497 e. The third-order valence-electron chi connectivity index (χ3n) is 8.00. The number of nitrogens with one attached hydrogen (secondary N) is 2. The number of aromatic nitrogens is 1. The number of likely N-dealkylation sites (tertiary alicyclic amines) is 1. The van der Waals surface area contributed by atoms with Crippen molar-refractivity contribution in [3.8, 4) is 5.75 Å². The first-order valence-electron chi connectivity index (χ1n) is 14.2. The molecule has 2 heterocycles. The Labute approximate surface area is 243 Å². The highest BCUT2D eigenvalue weighted by atomic mass is 19.1. The molecule has 3 amide bonds. The molecule has 2 aromatic carbocycles. The van der Waals surface area contributed by atoms with Gasteiger partial charge in [0.25, 0.3) is 5.91 Å². The van der Waals surface area contributed by atoms with Gasteiger partial charge in [-0.1, -0.05) is 30.7 Å². The number of β-amino-alcohol motifs (C(OH)–C–C–N with tert-alkyl or cyclic N) is 1. The van der Waals surface area contributed by atoms with Crippen molar-refractivity contribution in [3.63, 3.8) is 0 Å². The molecule has 9 nitrogen and oxygen atoms in total. The van der Waals surface area contributed by atoms with Crippen molar-refractivity contribution in [2.24, 2.45) is 5.92 Å². The third-order valence-corrected chi connectivity index (χ3v) is 8.00. The summed E-state index contributed by atoms with van der Waals surface area (Å²) >= 11 is 0. The average molecular weight is 575 g/mol. The first kappa shape index (κ1) is 29.2. The second kappa shape index (κ2) is 12.7. The van der Waals surface area contributed by atoms with E-state index in [9.17, 15) is 23.9 Å². The van der Waals surface area contributed by atoms with Crippen molar-refractivity contribution in [2.45, 2.75) is 50.8 Å². The molecule has 1 aromatic heterocycles. The Kier molecular flexibility index (Phi) is 8.82. The predicted molar refractivity (Wildman–Crippen MR) is 156 cm³/mol. The summed E-state index contributed by atoms with van der Waals surface area (Å²) in [4.78, 5) is 44.7. The van der Waals surface area contributed by atoms with Crippen molar-refractivity contribution >= 4 is 34.7 Å². The molecule has 0 spiro atoms. The van der Waals surface area contributed by atoms with Crippen LogP contribution < -0.4 is 15.4 Å². The second-order valence-corrected chi connectivity index (χ2v) is 10.9. The Morgan fingerprint density at radius 2 is 1.98 bits per heavy atom. The number of aliphatic hydroxyl groups is 1.